The number of aliphatic hydroxyl groups is 1. The monoisotopic (exact) mass is 278 g/mol. The summed E-state index contributed by atoms with van der Waals surface area (Å²) in [6.45, 7) is 3.86. The Balaban J connectivity index is 2.29. The SMILES string of the molecule is CC(C)Oc1cncc(C(O)c2ncccc2Cl)c1. The fourth-order valence-corrected chi connectivity index (χ4v) is 1.90. The smallest absolute Gasteiger partial charge is 0.138 e. The standard InChI is InChI=1S/C14H15ClN2O2/c1-9(2)19-11-6-10(7-16-8-11)14(18)13-12(15)4-3-5-17-13/h3-9,14,18H,1-2H3. The van der Waals surface area contributed by atoms with Crippen LogP contribution in [0.1, 0.15) is 31.2 Å². The molecule has 0 amide bonds. The number of halogens is 1. The minimum absolute atomic E-state index is 0.0487. The average Bonchev–Trinajstić information content (AvgIpc) is 2.38. The van der Waals surface area contributed by atoms with E-state index in [0.29, 0.717) is 22.0 Å². The van der Waals surface area contributed by atoms with E-state index < -0.39 is 6.10 Å². The van der Waals surface area contributed by atoms with Crippen LogP contribution in [0.3, 0.4) is 0 Å². The van der Waals surface area contributed by atoms with Crippen molar-refractivity contribution in [3.05, 3.63) is 53.1 Å². The second-order valence-corrected chi connectivity index (χ2v) is 4.80. The lowest BCUT2D eigenvalue weighted by molar-refractivity contribution is 0.211. The van der Waals surface area contributed by atoms with Crippen molar-refractivity contribution in [2.24, 2.45) is 0 Å². The van der Waals surface area contributed by atoms with Crippen LogP contribution in [0.4, 0.5) is 0 Å². The molecule has 5 heteroatoms. The van der Waals surface area contributed by atoms with Gasteiger partial charge in [-0.25, -0.2) is 0 Å². The maximum absolute atomic E-state index is 10.3. The zero-order chi connectivity index (χ0) is 13.8. The zero-order valence-electron chi connectivity index (χ0n) is 10.7. The number of aliphatic hydroxyl groups excluding tert-OH is 1. The van der Waals surface area contributed by atoms with Gasteiger partial charge in [0.05, 0.1) is 23.0 Å². The molecule has 2 rings (SSSR count). The van der Waals surface area contributed by atoms with Crippen molar-refractivity contribution in [3.63, 3.8) is 0 Å². The lowest BCUT2D eigenvalue weighted by atomic mass is 10.1. The second kappa shape index (κ2) is 5.99. The van der Waals surface area contributed by atoms with E-state index in [9.17, 15) is 5.11 Å². The van der Waals surface area contributed by atoms with Crippen molar-refractivity contribution in [3.8, 4) is 5.75 Å². The molecule has 0 aliphatic carbocycles. The Morgan fingerprint density at radius 1 is 1.32 bits per heavy atom. The van der Waals surface area contributed by atoms with Gasteiger partial charge < -0.3 is 9.84 Å². The first-order chi connectivity index (χ1) is 9.08. The molecule has 0 radical (unpaired) electrons. The minimum atomic E-state index is -0.920. The molecule has 0 bridgehead atoms. The molecule has 4 nitrogen and oxygen atoms in total. The van der Waals surface area contributed by atoms with Crippen molar-refractivity contribution in [1.82, 2.24) is 9.97 Å². The molecule has 0 aliphatic rings. The number of pyridine rings is 2. The summed E-state index contributed by atoms with van der Waals surface area (Å²) in [5.74, 6) is 0.610. The van der Waals surface area contributed by atoms with Gasteiger partial charge in [-0.05, 0) is 32.0 Å². The molecule has 0 fully saturated rings. The third-order valence-electron chi connectivity index (χ3n) is 2.47. The molecule has 1 unspecified atom stereocenters. The van der Waals surface area contributed by atoms with E-state index in [2.05, 4.69) is 9.97 Å². The van der Waals surface area contributed by atoms with E-state index in [-0.39, 0.29) is 6.10 Å². The van der Waals surface area contributed by atoms with Crippen molar-refractivity contribution in [2.75, 3.05) is 0 Å². The van der Waals surface area contributed by atoms with Crippen LogP contribution >= 0.6 is 11.6 Å². The molecule has 1 atom stereocenters. The van der Waals surface area contributed by atoms with Gasteiger partial charge in [-0.1, -0.05) is 11.6 Å². The molecular formula is C14H15ClN2O2. The van der Waals surface area contributed by atoms with Gasteiger partial charge in [-0.3, -0.25) is 9.97 Å². The number of hydrogen-bond acceptors (Lipinski definition) is 4. The molecule has 0 saturated heterocycles. The lowest BCUT2D eigenvalue weighted by Crippen LogP contribution is -2.08. The molecule has 2 heterocycles. The molecule has 19 heavy (non-hydrogen) atoms. The van der Waals surface area contributed by atoms with Gasteiger partial charge in [0.2, 0.25) is 0 Å². The van der Waals surface area contributed by atoms with Crippen molar-refractivity contribution >= 4 is 11.6 Å². The molecule has 2 aromatic rings. The highest BCUT2D eigenvalue weighted by Crippen LogP contribution is 2.27. The first kappa shape index (κ1) is 13.8. The number of aromatic nitrogens is 2. The van der Waals surface area contributed by atoms with E-state index in [1.165, 1.54) is 0 Å². The Kier molecular flexibility index (Phi) is 4.35. The van der Waals surface area contributed by atoms with Gasteiger partial charge in [0.15, 0.2) is 0 Å². The van der Waals surface area contributed by atoms with Gasteiger partial charge >= 0.3 is 0 Å². The highest BCUT2D eigenvalue weighted by Gasteiger charge is 2.16. The lowest BCUT2D eigenvalue weighted by Gasteiger charge is -2.14. The molecule has 0 spiro atoms. The predicted octanol–water partition coefficient (Wildman–Crippen LogP) is 3.00. The van der Waals surface area contributed by atoms with Crippen molar-refractivity contribution < 1.29 is 9.84 Å². The van der Waals surface area contributed by atoms with Crippen molar-refractivity contribution in [2.45, 2.75) is 26.1 Å². The first-order valence-corrected chi connectivity index (χ1v) is 6.36. The summed E-state index contributed by atoms with van der Waals surface area (Å²) in [4.78, 5) is 8.15. The Hall–Kier alpha value is -1.65. The van der Waals surface area contributed by atoms with Crippen LogP contribution in [-0.2, 0) is 0 Å². The predicted molar refractivity (Wildman–Crippen MR) is 73.3 cm³/mol. The topological polar surface area (TPSA) is 55.2 Å². The van der Waals surface area contributed by atoms with Crippen LogP contribution in [-0.4, -0.2) is 21.2 Å². The highest BCUT2D eigenvalue weighted by atomic mass is 35.5. The quantitative estimate of drug-likeness (QED) is 0.934. The van der Waals surface area contributed by atoms with Crippen molar-refractivity contribution in [1.29, 1.82) is 0 Å². The normalized spacial score (nSPS) is 12.5. The number of rotatable bonds is 4. The molecule has 1 N–H and O–H groups in total. The van der Waals surface area contributed by atoms with Crippen LogP contribution in [0.15, 0.2) is 36.8 Å². The van der Waals surface area contributed by atoms with Gasteiger partial charge in [0, 0.05) is 18.0 Å². The van der Waals surface area contributed by atoms with Gasteiger partial charge in [-0.2, -0.15) is 0 Å². The summed E-state index contributed by atoms with van der Waals surface area (Å²) in [5.41, 5.74) is 1.01. The number of ether oxygens (including phenoxy) is 1. The summed E-state index contributed by atoms with van der Waals surface area (Å²) in [5, 5.41) is 10.7. The Labute approximate surface area is 117 Å². The fourth-order valence-electron chi connectivity index (χ4n) is 1.68. The van der Waals surface area contributed by atoms with Gasteiger partial charge in [0.1, 0.15) is 11.9 Å². The third-order valence-corrected chi connectivity index (χ3v) is 2.79. The zero-order valence-corrected chi connectivity index (χ0v) is 11.5. The number of hydrogen-bond donors (Lipinski definition) is 1. The molecular weight excluding hydrogens is 264 g/mol. The Morgan fingerprint density at radius 3 is 2.79 bits per heavy atom. The van der Waals surface area contributed by atoms with Gasteiger partial charge in [-0.15, -0.1) is 0 Å². The Morgan fingerprint density at radius 2 is 2.11 bits per heavy atom. The number of nitrogens with zero attached hydrogens (tertiary/aromatic N) is 2. The van der Waals surface area contributed by atoms with E-state index in [4.69, 9.17) is 16.3 Å². The van der Waals surface area contributed by atoms with Crippen LogP contribution in [0, 0.1) is 0 Å². The maximum atomic E-state index is 10.3. The van der Waals surface area contributed by atoms with E-state index in [0.717, 1.165) is 0 Å². The molecule has 0 aromatic carbocycles. The van der Waals surface area contributed by atoms with E-state index >= 15 is 0 Å². The highest BCUT2D eigenvalue weighted by molar-refractivity contribution is 6.31. The minimum Gasteiger partial charge on any atom is -0.489 e. The summed E-state index contributed by atoms with van der Waals surface area (Å²) < 4.78 is 5.54. The Bertz CT molecular complexity index is 561. The summed E-state index contributed by atoms with van der Waals surface area (Å²) in [7, 11) is 0. The van der Waals surface area contributed by atoms with E-state index in [1.54, 1.807) is 36.8 Å². The first-order valence-electron chi connectivity index (χ1n) is 5.98. The third kappa shape index (κ3) is 3.43. The molecule has 100 valence electrons. The van der Waals surface area contributed by atoms with Crippen LogP contribution in [0.2, 0.25) is 5.02 Å². The molecule has 0 aliphatic heterocycles. The summed E-state index contributed by atoms with van der Waals surface area (Å²) in [6.07, 6.45) is 3.90. The van der Waals surface area contributed by atoms with Crippen LogP contribution < -0.4 is 4.74 Å². The average molecular weight is 279 g/mol. The molecule has 0 saturated carbocycles. The van der Waals surface area contributed by atoms with E-state index in [1.807, 2.05) is 13.8 Å². The van der Waals surface area contributed by atoms with Crippen LogP contribution in [0.5, 0.6) is 5.75 Å². The summed E-state index contributed by atoms with van der Waals surface area (Å²) in [6, 6.07) is 5.15. The van der Waals surface area contributed by atoms with Crippen LogP contribution in [0.25, 0.3) is 0 Å². The van der Waals surface area contributed by atoms with Gasteiger partial charge in [0.25, 0.3) is 0 Å². The second-order valence-electron chi connectivity index (χ2n) is 4.39. The fraction of sp³-hybridized carbons (Fsp3) is 0.286. The maximum Gasteiger partial charge on any atom is 0.138 e. The molecule has 2 aromatic heterocycles. The largest absolute Gasteiger partial charge is 0.489 e. The summed E-state index contributed by atoms with van der Waals surface area (Å²) >= 11 is 6.02.